The molecule has 0 aliphatic heterocycles. The predicted molar refractivity (Wildman–Crippen MR) is 100 cm³/mol. The monoisotopic (exact) mass is 346 g/mol. The van der Waals surface area contributed by atoms with Crippen LogP contribution in [0.1, 0.15) is 6.92 Å². The van der Waals surface area contributed by atoms with E-state index in [1.54, 1.807) is 17.5 Å². The van der Waals surface area contributed by atoms with Crippen molar-refractivity contribution in [1.29, 1.82) is 0 Å². The highest BCUT2D eigenvalue weighted by Gasteiger charge is 2.14. The van der Waals surface area contributed by atoms with Crippen LogP contribution in [-0.2, 0) is 4.79 Å². The molecule has 5 nitrogen and oxygen atoms in total. The lowest BCUT2D eigenvalue weighted by Gasteiger charge is -2.08. The molecule has 1 amide bonds. The SMILES string of the molecule is CC(=O)Nc1nnc(-c2ccc(-c3ccccn3)s2)c2ccccc12. The molecule has 1 N–H and O–H groups in total. The van der Waals surface area contributed by atoms with Gasteiger partial charge in [-0.2, -0.15) is 0 Å². The third-order valence-corrected chi connectivity index (χ3v) is 4.85. The first-order valence-corrected chi connectivity index (χ1v) is 8.58. The van der Waals surface area contributed by atoms with E-state index in [1.165, 1.54) is 6.92 Å². The van der Waals surface area contributed by atoms with E-state index in [1.807, 2.05) is 54.6 Å². The largest absolute Gasteiger partial charge is 0.309 e. The van der Waals surface area contributed by atoms with Crippen molar-refractivity contribution in [2.45, 2.75) is 6.92 Å². The Kier molecular flexibility index (Phi) is 3.95. The molecule has 0 radical (unpaired) electrons. The van der Waals surface area contributed by atoms with E-state index in [2.05, 4.69) is 20.5 Å². The first-order valence-electron chi connectivity index (χ1n) is 7.77. The number of pyridine rings is 1. The third-order valence-electron chi connectivity index (χ3n) is 3.74. The van der Waals surface area contributed by atoms with Gasteiger partial charge in [-0.3, -0.25) is 9.78 Å². The van der Waals surface area contributed by atoms with Crippen LogP contribution in [0.3, 0.4) is 0 Å². The van der Waals surface area contributed by atoms with E-state index in [0.717, 1.165) is 31.9 Å². The van der Waals surface area contributed by atoms with E-state index >= 15 is 0 Å². The first kappa shape index (κ1) is 15.4. The van der Waals surface area contributed by atoms with Gasteiger partial charge in [0.15, 0.2) is 5.82 Å². The molecule has 0 saturated heterocycles. The summed E-state index contributed by atoms with van der Waals surface area (Å²) in [6.07, 6.45) is 1.78. The molecule has 0 atom stereocenters. The molecule has 4 rings (SSSR count). The number of amides is 1. The normalized spacial score (nSPS) is 10.8. The molecule has 0 bridgehead atoms. The van der Waals surface area contributed by atoms with E-state index in [-0.39, 0.29) is 5.91 Å². The van der Waals surface area contributed by atoms with Gasteiger partial charge in [-0.1, -0.05) is 30.3 Å². The molecule has 0 saturated carbocycles. The maximum absolute atomic E-state index is 11.4. The average molecular weight is 346 g/mol. The highest BCUT2D eigenvalue weighted by Crippen LogP contribution is 2.36. The number of anilines is 1. The summed E-state index contributed by atoms with van der Waals surface area (Å²) in [6.45, 7) is 1.46. The molecule has 0 unspecified atom stereocenters. The number of carbonyl (C=O) groups excluding carboxylic acids is 1. The highest BCUT2D eigenvalue weighted by molar-refractivity contribution is 7.18. The molecule has 0 fully saturated rings. The quantitative estimate of drug-likeness (QED) is 0.598. The average Bonchev–Trinajstić information content (AvgIpc) is 3.12. The number of thiophene rings is 1. The lowest BCUT2D eigenvalue weighted by atomic mass is 10.1. The number of benzene rings is 1. The maximum atomic E-state index is 11.4. The zero-order valence-electron chi connectivity index (χ0n) is 13.4. The fraction of sp³-hybridized carbons (Fsp3) is 0.0526. The van der Waals surface area contributed by atoms with Crippen molar-refractivity contribution in [1.82, 2.24) is 15.2 Å². The molecule has 3 heterocycles. The van der Waals surface area contributed by atoms with Crippen molar-refractivity contribution in [2.24, 2.45) is 0 Å². The van der Waals surface area contributed by atoms with Crippen LogP contribution in [0.5, 0.6) is 0 Å². The van der Waals surface area contributed by atoms with Crippen LogP contribution in [0, 0.1) is 0 Å². The van der Waals surface area contributed by atoms with Gasteiger partial charge in [0.2, 0.25) is 5.91 Å². The van der Waals surface area contributed by atoms with E-state index in [0.29, 0.717) is 5.82 Å². The van der Waals surface area contributed by atoms with Gasteiger partial charge in [0.1, 0.15) is 5.69 Å². The Morgan fingerprint density at radius 1 is 0.920 bits per heavy atom. The topological polar surface area (TPSA) is 67.8 Å². The minimum atomic E-state index is -0.166. The third kappa shape index (κ3) is 2.99. The second-order valence-corrected chi connectivity index (χ2v) is 6.59. The zero-order chi connectivity index (χ0) is 17.2. The molecule has 0 spiro atoms. The van der Waals surface area contributed by atoms with Crippen LogP contribution in [0.2, 0.25) is 0 Å². The summed E-state index contributed by atoms with van der Waals surface area (Å²) >= 11 is 1.62. The first-order chi connectivity index (χ1) is 12.2. The van der Waals surface area contributed by atoms with Crippen LogP contribution >= 0.6 is 11.3 Å². The number of carbonyl (C=O) groups is 1. The van der Waals surface area contributed by atoms with Crippen molar-refractivity contribution in [3.63, 3.8) is 0 Å². The van der Waals surface area contributed by atoms with E-state index in [4.69, 9.17) is 0 Å². The number of nitrogens with zero attached hydrogens (tertiary/aromatic N) is 3. The van der Waals surface area contributed by atoms with Crippen LogP contribution < -0.4 is 5.32 Å². The summed E-state index contributed by atoms with van der Waals surface area (Å²) in [7, 11) is 0. The Labute approximate surface area is 148 Å². The van der Waals surface area contributed by atoms with Crippen molar-refractivity contribution >= 4 is 33.8 Å². The second kappa shape index (κ2) is 6.41. The van der Waals surface area contributed by atoms with Crippen molar-refractivity contribution < 1.29 is 4.79 Å². The van der Waals surface area contributed by atoms with E-state index in [9.17, 15) is 4.79 Å². The number of fused-ring (bicyclic) bond motifs is 1. The van der Waals surface area contributed by atoms with Gasteiger partial charge in [-0.05, 0) is 24.3 Å². The van der Waals surface area contributed by atoms with Gasteiger partial charge < -0.3 is 5.32 Å². The number of hydrogen-bond donors (Lipinski definition) is 1. The van der Waals surface area contributed by atoms with Gasteiger partial charge in [0.25, 0.3) is 0 Å². The molecule has 6 heteroatoms. The molecule has 25 heavy (non-hydrogen) atoms. The van der Waals surface area contributed by atoms with Crippen molar-refractivity contribution in [3.05, 3.63) is 60.8 Å². The summed E-state index contributed by atoms with van der Waals surface area (Å²) < 4.78 is 0. The van der Waals surface area contributed by atoms with Gasteiger partial charge in [-0.25, -0.2) is 0 Å². The fourth-order valence-corrected chi connectivity index (χ4v) is 3.64. The van der Waals surface area contributed by atoms with Crippen LogP contribution in [0.4, 0.5) is 5.82 Å². The lowest BCUT2D eigenvalue weighted by Crippen LogP contribution is -2.09. The fourth-order valence-electron chi connectivity index (χ4n) is 2.66. The zero-order valence-corrected chi connectivity index (χ0v) is 14.2. The number of aromatic nitrogens is 3. The van der Waals surface area contributed by atoms with Gasteiger partial charge in [0.05, 0.1) is 15.4 Å². The number of rotatable bonds is 3. The van der Waals surface area contributed by atoms with Gasteiger partial charge in [0, 0.05) is 23.9 Å². The molecule has 1 aromatic carbocycles. The number of nitrogens with one attached hydrogen (secondary N) is 1. The summed E-state index contributed by atoms with van der Waals surface area (Å²) in [5, 5.41) is 13.1. The van der Waals surface area contributed by atoms with Gasteiger partial charge >= 0.3 is 0 Å². The molecule has 122 valence electrons. The van der Waals surface area contributed by atoms with Crippen LogP contribution in [-0.4, -0.2) is 21.1 Å². The van der Waals surface area contributed by atoms with Crippen molar-refractivity contribution in [2.75, 3.05) is 5.32 Å². The molecule has 4 aromatic rings. The predicted octanol–water partition coefficient (Wildman–Crippen LogP) is 4.38. The Bertz CT molecular complexity index is 1060. The Morgan fingerprint density at radius 3 is 2.44 bits per heavy atom. The number of hydrogen-bond acceptors (Lipinski definition) is 5. The Morgan fingerprint density at radius 2 is 1.68 bits per heavy atom. The van der Waals surface area contributed by atoms with Crippen LogP contribution in [0.15, 0.2) is 60.8 Å². The molecule has 3 aromatic heterocycles. The Hall–Kier alpha value is -3.12. The van der Waals surface area contributed by atoms with Crippen molar-refractivity contribution in [3.8, 4) is 21.1 Å². The minimum absolute atomic E-state index is 0.166. The minimum Gasteiger partial charge on any atom is -0.309 e. The molecule has 0 aliphatic carbocycles. The van der Waals surface area contributed by atoms with E-state index < -0.39 is 0 Å². The summed E-state index contributed by atoms with van der Waals surface area (Å²) in [5.74, 6) is 0.314. The molecular weight excluding hydrogens is 332 g/mol. The Balaban J connectivity index is 1.83. The molecular formula is C19H14N4OS. The maximum Gasteiger partial charge on any atom is 0.222 e. The summed E-state index contributed by atoms with van der Waals surface area (Å²) in [6, 6.07) is 17.7. The second-order valence-electron chi connectivity index (χ2n) is 5.50. The highest BCUT2D eigenvalue weighted by atomic mass is 32.1. The lowest BCUT2D eigenvalue weighted by molar-refractivity contribution is -0.114. The standard InChI is InChI=1S/C19H14N4OS/c1-12(24)21-19-14-7-3-2-6-13(14)18(22-23-19)17-10-9-16(25-17)15-8-4-5-11-20-15/h2-11H,1H3,(H,21,23,24). The summed E-state index contributed by atoms with van der Waals surface area (Å²) in [4.78, 5) is 17.9. The summed E-state index contributed by atoms with van der Waals surface area (Å²) in [5.41, 5.74) is 1.74. The molecule has 0 aliphatic rings. The smallest absolute Gasteiger partial charge is 0.222 e. The van der Waals surface area contributed by atoms with Crippen LogP contribution in [0.25, 0.3) is 31.9 Å². The van der Waals surface area contributed by atoms with Gasteiger partial charge in [-0.15, -0.1) is 21.5 Å².